The Hall–Kier alpha value is -1.39. The predicted molar refractivity (Wildman–Crippen MR) is 154 cm³/mol. The van der Waals surface area contributed by atoms with E-state index in [0.29, 0.717) is 48.4 Å². The van der Waals surface area contributed by atoms with Crippen LogP contribution in [0.15, 0.2) is 0 Å². The topological polar surface area (TPSA) is 69.7 Å². The Morgan fingerprint density at radius 2 is 1.62 bits per heavy atom. The summed E-state index contributed by atoms with van der Waals surface area (Å²) in [7, 11) is 0. The van der Waals surface area contributed by atoms with Crippen LogP contribution >= 0.6 is 0 Å². The zero-order valence-corrected chi connectivity index (χ0v) is 26.4. The van der Waals surface area contributed by atoms with E-state index in [0.717, 1.165) is 38.5 Å². The fourth-order valence-corrected chi connectivity index (χ4v) is 10.9. The highest BCUT2D eigenvalue weighted by Crippen LogP contribution is 2.74. The molecule has 4 rings (SSSR count). The molecule has 5 heteroatoms. The smallest absolute Gasteiger partial charge is 0.302 e. The molecule has 0 aromatic carbocycles. The third-order valence-corrected chi connectivity index (χ3v) is 12.8. The highest BCUT2D eigenvalue weighted by molar-refractivity contribution is 5.85. The summed E-state index contributed by atoms with van der Waals surface area (Å²) in [4.78, 5) is 38.6. The van der Waals surface area contributed by atoms with E-state index in [9.17, 15) is 14.4 Å². The van der Waals surface area contributed by atoms with Gasteiger partial charge < -0.3 is 9.47 Å². The Bertz CT molecular complexity index is 953. The molecule has 222 valence electrons. The summed E-state index contributed by atoms with van der Waals surface area (Å²) >= 11 is 0. The number of hydrogen-bond donors (Lipinski definition) is 0. The Labute approximate surface area is 237 Å². The van der Waals surface area contributed by atoms with Crippen molar-refractivity contribution in [3.63, 3.8) is 0 Å². The quantitative estimate of drug-likeness (QED) is 0.292. The summed E-state index contributed by atoms with van der Waals surface area (Å²) in [6.45, 7) is 19.7. The van der Waals surface area contributed by atoms with Gasteiger partial charge in [0.05, 0.1) is 6.61 Å². The lowest BCUT2D eigenvalue weighted by Gasteiger charge is -2.67. The molecule has 0 saturated heterocycles. The van der Waals surface area contributed by atoms with E-state index in [1.807, 2.05) is 0 Å². The Kier molecular flexibility index (Phi) is 8.45. The molecular weight excluding hydrogens is 488 g/mol. The fraction of sp³-hybridized carbons (Fsp3) is 0.912. The van der Waals surface area contributed by atoms with Gasteiger partial charge in [-0.2, -0.15) is 0 Å². The van der Waals surface area contributed by atoms with Crippen LogP contribution in [-0.4, -0.2) is 30.4 Å². The van der Waals surface area contributed by atoms with Gasteiger partial charge in [-0.25, -0.2) is 0 Å². The summed E-state index contributed by atoms with van der Waals surface area (Å²) in [5, 5.41) is 0. The molecule has 1 unspecified atom stereocenters. The molecule has 9 atom stereocenters. The molecule has 4 fully saturated rings. The maximum Gasteiger partial charge on any atom is 0.302 e. The second-order valence-corrected chi connectivity index (χ2v) is 15.6. The molecule has 0 spiro atoms. The van der Waals surface area contributed by atoms with Gasteiger partial charge in [-0.1, -0.05) is 67.7 Å². The van der Waals surface area contributed by atoms with E-state index >= 15 is 0 Å². The summed E-state index contributed by atoms with van der Waals surface area (Å²) < 4.78 is 11.7. The van der Waals surface area contributed by atoms with Crippen LogP contribution in [0.4, 0.5) is 0 Å². The second-order valence-electron chi connectivity index (χ2n) is 15.6. The number of carbonyl (C=O) groups is 3. The van der Waals surface area contributed by atoms with E-state index < -0.39 is 0 Å². The van der Waals surface area contributed by atoms with Crippen molar-refractivity contribution in [2.45, 2.75) is 133 Å². The number of hydrogen-bond acceptors (Lipinski definition) is 5. The van der Waals surface area contributed by atoms with Gasteiger partial charge in [-0.05, 0) is 78.9 Å². The van der Waals surface area contributed by atoms with Gasteiger partial charge in [-0.3, -0.25) is 14.4 Å². The SMILES string of the molecule is CC(=O)OC[C@]12CC(=O)[C@H]3[C@@H](CC[C@H]4C(C)(C)C(OC(C)=O)CC[C@]34C)[C@]1(C)CC[C@@H]2[C@H](C)CCCC(C)C. The molecule has 0 radical (unpaired) electrons. The van der Waals surface area contributed by atoms with Gasteiger partial charge in [0, 0.05) is 37.0 Å². The van der Waals surface area contributed by atoms with Crippen molar-refractivity contribution in [2.24, 2.45) is 57.2 Å². The van der Waals surface area contributed by atoms with Crippen molar-refractivity contribution in [1.29, 1.82) is 0 Å². The fourth-order valence-electron chi connectivity index (χ4n) is 10.9. The van der Waals surface area contributed by atoms with Crippen molar-refractivity contribution >= 4 is 17.7 Å². The summed E-state index contributed by atoms with van der Waals surface area (Å²) in [6.07, 6.45) is 10.1. The molecule has 4 aliphatic carbocycles. The number of rotatable bonds is 8. The summed E-state index contributed by atoms with van der Waals surface area (Å²) in [6, 6.07) is 0. The number of Topliss-reactive ketones (excluding diaryl/α,β-unsaturated/α-hetero) is 1. The number of ether oxygens (including phenoxy) is 2. The lowest BCUT2D eigenvalue weighted by Crippen LogP contribution is -2.65. The van der Waals surface area contributed by atoms with Crippen LogP contribution in [0, 0.1) is 57.2 Å². The van der Waals surface area contributed by atoms with Crippen molar-refractivity contribution in [2.75, 3.05) is 6.61 Å². The van der Waals surface area contributed by atoms with Crippen molar-refractivity contribution in [3.8, 4) is 0 Å². The van der Waals surface area contributed by atoms with Gasteiger partial charge in [0.15, 0.2) is 0 Å². The zero-order chi connectivity index (χ0) is 29.0. The van der Waals surface area contributed by atoms with E-state index in [1.165, 1.54) is 33.1 Å². The highest BCUT2D eigenvalue weighted by Gasteiger charge is 2.71. The van der Waals surface area contributed by atoms with Crippen LogP contribution in [0.2, 0.25) is 0 Å². The zero-order valence-electron chi connectivity index (χ0n) is 26.4. The van der Waals surface area contributed by atoms with Crippen LogP contribution in [0.5, 0.6) is 0 Å². The summed E-state index contributed by atoms with van der Waals surface area (Å²) in [5.74, 6) is 2.25. The Balaban J connectivity index is 1.68. The lowest BCUT2D eigenvalue weighted by atomic mass is 9.37. The van der Waals surface area contributed by atoms with Gasteiger partial charge in [0.25, 0.3) is 0 Å². The van der Waals surface area contributed by atoms with Gasteiger partial charge in [0.1, 0.15) is 11.9 Å². The first kappa shape index (κ1) is 30.6. The maximum atomic E-state index is 14.5. The molecule has 4 saturated carbocycles. The van der Waals surface area contributed by atoms with Crippen molar-refractivity contribution in [1.82, 2.24) is 0 Å². The average molecular weight is 545 g/mol. The van der Waals surface area contributed by atoms with Crippen LogP contribution in [0.1, 0.15) is 127 Å². The van der Waals surface area contributed by atoms with Gasteiger partial charge in [0.2, 0.25) is 0 Å². The normalized spacial score (nSPS) is 41.8. The van der Waals surface area contributed by atoms with E-state index in [-0.39, 0.29) is 45.6 Å². The number of esters is 2. The molecule has 0 amide bonds. The minimum atomic E-state index is -0.276. The molecule has 5 nitrogen and oxygen atoms in total. The van der Waals surface area contributed by atoms with Crippen molar-refractivity contribution in [3.05, 3.63) is 0 Å². The van der Waals surface area contributed by atoms with E-state index in [4.69, 9.17) is 9.47 Å². The Morgan fingerprint density at radius 1 is 0.923 bits per heavy atom. The first-order valence-electron chi connectivity index (χ1n) is 15.9. The molecule has 39 heavy (non-hydrogen) atoms. The van der Waals surface area contributed by atoms with Crippen LogP contribution < -0.4 is 0 Å². The van der Waals surface area contributed by atoms with Gasteiger partial charge in [-0.15, -0.1) is 0 Å². The molecule has 0 aliphatic heterocycles. The van der Waals surface area contributed by atoms with Crippen LogP contribution in [0.25, 0.3) is 0 Å². The molecule has 0 aromatic rings. The standard InChI is InChI=1S/C34H56O5/c1-21(2)11-10-12-22(3)25-15-18-33(9)26-13-14-28-31(6,7)29(39-24(5)36)16-17-32(28,8)30(26)27(37)19-34(25,33)20-38-23(4)35/h21-22,25-26,28-30H,10-20H2,1-9H3/t22-,25-,26-,28+,29?,30-,32+,33+,34+/m1/s1. The van der Waals surface area contributed by atoms with Crippen LogP contribution in [0.3, 0.4) is 0 Å². The molecule has 0 aromatic heterocycles. The van der Waals surface area contributed by atoms with E-state index in [2.05, 4.69) is 48.5 Å². The molecule has 0 bridgehead atoms. The predicted octanol–water partition coefficient (Wildman–Crippen LogP) is 7.79. The Morgan fingerprint density at radius 3 is 2.23 bits per heavy atom. The second kappa shape index (κ2) is 10.8. The third-order valence-electron chi connectivity index (χ3n) is 12.8. The maximum absolute atomic E-state index is 14.5. The van der Waals surface area contributed by atoms with Crippen LogP contribution in [-0.2, 0) is 23.9 Å². The highest BCUT2D eigenvalue weighted by atomic mass is 16.5. The number of ketones is 1. The average Bonchev–Trinajstić information content (AvgIpc) is 3.12. The number of carbonyl (C=O) groups excluding carboxylic acids is 3. The molecule has 0 heterocycles. The minimum Gasteiger partial charge on any atom is -0.465 e. The molecular formula is C34H56O5. The van der Waals surface area contributed by atoms with Crippen molar-refractivity contribution < 1.29 is 23.9 Å². The van der Waals surface area contributed by atoms with Gasteiger partial charge >= 0.3 is 11.9 Å². The largest absolute Gasteiger partial charge is 0.465 e. The summed E-state index contributed by atoms with van der Waals surface area (Å²) in [5.41, 5.74) is -0.567. The molecule has 0 N–H and O–H groups in total. The van der Waals surface area contributed by atoms with E-state index in [1.54, 1.807) is 0 Å². The monoisotopic (exact) mass is 544 g/mol. The molecule has 4 aliphatic rings. The number of fused-ring (bicyclic) bond motifs is 5. The first-order chi connectivity index (χ1) is 18.1. The lowest BCUT2D eigenvalue weighted by molar-refractivity contribution is -0.215. The third kappa shape index (κ3) is 5.00. The minimum absolute atomic E-state index is 0.0249. The first-order valence-corrected chi connectivity index (χ1v) is 15.9.